The van der Waals surface area contributed by atoms with Crippen molar-refractivity contribution in [3.8, 4) is 17.3 Å². The molecule has 0 bridgehead atoms. The monoisotopic (exact) mass is 477 g/mol. The molecule has 10 nitrogen and oxygen atoms in total. The number of anilines is 1. The molecule has 5 rings (SSSR count). The number of nitrogens with zero attached hydrogens (tertiary/aromatic N) is 6. The van der Waals surface area contributed by atoms with Crippen LogP contribution in [0.3, 0.4) is 0 Å². The lowest BCUT2D eigenvalue weighted by atomic mass is 10.3. The Morgan fingerprint density at radius 1 is 0.971 bits per heavy atom. The van der Waals surface area contributed by atoms with Gasteiger partial charge in [-0.25, -0.2) is 9.55 Å². The average molecular weight is 477 g/mol. The molecule has 3 aromatic heterocycles. The predicted octanol–water partition coefficient (Wildman–Crippen LogP) is 3.50. The molecule has 2 aromatic carbocycles. The maximum absolute atomic E-state index is 14.2. The van der Waals surface area contributed by atoms with Gasteiger partial charge in [0.05, 0.1) is 17.6 Å². The zero-order valence-corrected chi connectivity index (χ0v) is 18.0. The highest BCUT2D eigenvalue weighted by Gasteiger charge is 2.42. The molecule has 0 atom stereocenters. The number of carbonyl (C=O) groups excluding carboxylic acids is 1. The number of pyridine rings is 1. The second kappa shape index (κ2) is 9.17. The van der Waals surface area contributed by atoms with Crippen LogP contribution in [0, 0.1) is 0 Å². The molecule has 0 saturated heterocycles. The molecule has 0 aliphatic carbocycles. The number of tetrazole rings is 1. The Balaban J connectivity index is 1.30. The van der Waals surface area contributed by atoms with E-state index >= 15 is 0 Å². The fourth-order valence-electron chi connectivity index (χ4n) is 3.25. The molecular weight excluding hydrogens is 460 g/mol. The number of hydrogen-bond donors (Lipinski definition) is 1. The van der Waals surface area contributed by atoms with Crippen molar-refractivity contribution < 1.29 is 23.0 Å². The highest BCUT2D eigenvalue weighted by Crippen LogP contribution is 2.24. The average Bonchev–Trinajstić information content (AvgIpc) is 3.45. The summed E-state index contributed by atoms with van der Waals surface area (Å²) in [5.74, 6) is -1.01. The summed E-state index contributed by atoms with van der Waals surface area (Å²) in [5, 5.41) is 13.6. The number of imidazole rings is 1. The Morgan fingerprint density at radius 3 is 2.49 bits per heavy atom. The zero-order valence-electron chi connectivity index (χ0n) is 18.0. The third-order valence-electron chi connectivity index (χ3n) is 4.81. The molecule has 0 spiro atoms. The lowest BCUT2D eigenvalue weighted by Crippen LogP contribution is -2.40. The van der Waals surface area contributed by atoms with Gasteiger partial charge in [0.15, 0.2) is 0 Å². The number of amides is 1. The van der Waals surface area contributed by atoms with Crippen molar-refractivity contribution >= 4 is 17.5 Å². The summed E-state index contributed by atoms with van der Waals surface area (Å²) in [4.78, 5) is 16.3. The van der Waals surface area contributed by atoms with E-state index in [1.807, 2.05) is 30.3 Å². The Kier molecular flexibility index (Phi) is 5.75. The number of ether oxygens (including phenoxy) is 2. The Hall–Kier alpha value is -4.87. The van der Waals surface area contributed by atoms with Gasteiger partial charge in [0.2, 0.25) is 5.88 Å². The molecule has 35 heavy (non-hydrogen) atoms. The van der Waals surface area contributed by atoms with Gasteiger partial charge < -0.3 is 14.8 Å². The summed E-state index contributed by atoms with van der Waals surface area (Å²) >= 11 is 0. The predicted molar refractivity (Wildman–Crippen MR) is 119 cm³/mol. The van der Waals surface area contributed by atoms with Crippen molar-refractivity contribution in [2.24, 2.45) is 0 Å². The second-order valence-electron chi connectivity index (χ2n) is 7.25. The third-order valence-corrected chi connectivity index (χ3v) is 4.81. The normalized spacial score (nSPS) is 11.4. The topological polar surface area (TPSA) is 108 Å². The summed E-state index contributed by atoms with van der Waals surface area (Å²) < 4.78 is 42.1. The molecule has 0 aliphatic rings. The van der Waals surface area contributed by atoms with E-state index in [1.165, 1.54) is 34.8 Å². The number of fused-ring (bicyclic) bond motifs is 1. The van der Waals surface area contributed by atoms with Gasteiger partial charge in [0.1, 0.15) is 18.2 Å². The number of nitrogens with one attached hydrogen (secondary N) is 1. The van der Waals surface area contributed by atoms with Gasteiger partial charge in [-0.05, 0) is 46.8 Å². The standard InChI is InChI=1S/C23H17F2N7O3/c24-23(25,35-18-11-5-2-6-12-18)21(33)27-19-13-7-8-16(26-19)15-34-20-14-31-22(28-29-30-31)32(20)17-9-3-1-4-10-17/h1-14H,15H2,(H,26,27,33). The molecule has 0 radical (unpaired) electrons. The van der Waals surface area contributed by atoms with E-state index in [9.17, 15) is 13.6 Å². The molecule has 0 aliphatic heterocycles. The Morgan fingerprint density at radius 2 is 1.71 bits per heavy atom. The van der Waals surface area contributed by atoms with Gasteiger partial charge in [-0.3, -0.25) is 4.79 Å². The minimum absolute atomic E-state index is 0.0198. The fraction of sp³-hybridized carbons (Fsp3) is 0.0870. The van der Waals surface area contributed by atoms with E-state index in [0.29, 0.717) is 17.4 Å². The smallest absolute Gasteiger partial charge is 0.471 e. The minimum Gasteiger partial charge on any atom is -0.471 e. The van der Waals surface area contributed by atoms with E-state index in [0.717, 1.165) is 5.69 Å². The van der Waals surface area contributed by atoms with Gasteiger partial charge in [0.25, 0.3) is 5.78 Å². The summed E-state index contributed by atoms with van der Waals surface area (Å²) in [7, 11) is 0. The van der Waals surface area contributed by atoms with Gasteiger partial charge >= 0.3 is 12.0 Å². The maximum Gasteiger partial charge on any atom is 0.482 e. The van der Waals surface area contributed by atoms with E-state index in [2.05, 4.69) is 30.6 Å². The fourth-order valence-corrected chi connectivity index (χ4v) is 3.25. The van der Waals surface area contributed by atoms with Crippen LogP contribution in [0.4, 0.5) is 14.6 Å². The highest BCUT2D eigenvalue weighted by atomic mass is 19.3. The molecule has 176 valence electrons. The molecule has 1 amide bonds. The lowest BCUT2D eigenvalue weighted by molar-refractivity contribution is -0.187. The zero-order chi connectivity index (χ0) is 24.3. The van der Waals surface area contributed by atoms with Crippen molar-refractivity contribution in [2.75, 3.05) is 5.32 Å². The number of rotatable bonds is 8. The number of para-hydroxylation sites is 2. The van der Waals surface area contributed by atoms with Crippen LogP contribution in [0.15, 0.2) is 85.1 Å². The number of benzene rings is 2. The summed E-state index contributed by atoms with van der Waals surface area (Å²) in [5.41, 5.74) is 1.17. The number of carbonyl (C=O) groups is 1. The minimum atomic E-state index is -4.10. The van der Waals surface area contributed by atoms with Gasteiger partial charge in [-0.15, -0.1) is 0 Å². The highest BCUT2D eigenvalue weighted by molar-refractivity contribution is 5.94. The van der Waals surface area contributed by atoms with Crippen molar-refractivity contribution in [2.45, 2.75) is 12.7 Å². The first kappa shape index (κ1) is 21.9. The third kappa shape index (κ3) is 4.76. The van der Waals surface area contributed by atoms with Crippen LogP contribution < -0.4 is 14.8 Å². The summed E-state index contributed by atoms with van der Waals surface area (Å²) in [6.07, 6.45) is -2.49. The van der Waals surface area contributed by atoms with E-state index in [1.54, 1.807) is 29.0 Å². The quantitative estimate of drug-likeness (QED) is 0.364. The maximum atomic E-state index is 14.2. The molecule has 1 N–H and O–H groups in total. The van der Waals surface area contributed by atoms with Gasteiger partial charge in [-0.1, -0.05) is 47.6 Å². The summed E-state index contributed by atoms with van der Waals surface area (Å²) in [6.45, 7) is -0.0198. The number of halogens is 2. The SMILES string of the molecule is O=C(Nc1cccc(COc2cn3nnnc3n2-c2ccccc2)n1)C(F)(F)Oc1ccccc1. The first-order valence-electron chi connectivity index (χ1n) is 10.4. The van der Waals surface area contributed by atoms with Crippen molar-refractivity contribution in [3.05, 3.63) is 90.8 Å². The largest absolute Gasteiger partial charge is 0.482 e. The first-order valence-corrected chi connectivity index (χ1v) is 10.4. The molecule has 12 heteroatoms. The van der Waals surface area contributed by atoms with Crippen molar-refractivity contribution in [1.82, 2.24) is 29.6 Å². The van der Waals surface area contributed by atoms with Crippen LogP contribution in [0.1, 0.15) is 5.69 Å². The molecule has 3 heterocycles. The lowest BCUT2D eigenvalue weighted by Gasteiger charge is -2.17. The van der Waals surface area contributed by atoms with E-state index < -0.39 is 12.0 Å². The van der Waals surface area contributed by atoms with E-state index in [-0.39, 0.29) is 18.2 Å². The number of aromatic nitrogens is 6. The molecule has 0 fully saturated rings. The Labute approximate surface area is 196 Å². The molecule has 0 unspecified atom stereocenters. The van der Waals surface area contributed by atoms with Crippen molar-refractivity contribution in [1.29, 1.82) is 0 Å². The van der Waals surface area contributed by atoms with Gasteiger partial charge in [-0.2, -0.15) is 13.3 Å². The summed E-state index contributed by atoms with van der Waals surface area (Å²) in [6, 6.07) is 21.3. The van der Waals surface area contributed by atoms with Crippen LogP contribution in [0.2, 0.25) is 0 Å². The van der Waals surface area contributed by atoms with Crippen LogP contribution in [-0.4, -0.2) is 41.6 Å². The van der Waals surface area contributed by atoms with Crippen LogP contribution in [0.5, 0.6) is 11.6 Å². The molecule has 0 saturated carbocycles. The number of alkyl halides is 2. The molecule has 5 aromatic rings. The van der Waals surface area contributed by atoms with Crippen LogP contribution >= 0.6 is 0 Å². The van der Waals surface area contributed by atoms with Crippen LogP contribution in [0.25, 0.3) is 11.5 Å². The number of hydrogen-bond acceptors (Lipinski definition) is 7. The van der Waals surface area contributed by atoms with Crippen molar-refractivity contribution in [3.63, 3.8) is 0 Å². The van der Waals surface area contributed by atoms with Gasteiger partial charge in [0, 0.05) is 0 Å². The second-order valence-corrected chi connectivity index (χ2v) is 7.25. The Bertz CT molecular complexity index is 1460. The molecular formula is C23H17F2N7O3. The first-order chi connectivity index (χ1) is 17.0. The van der Waals surface area contributed by atoms with Crippen LogP contribution in [-0.2, 0) is 11.4 Å². The van der Waals surface area contributed by atoms with E-state index in [4.69, 9.17) is 4.74 Å².